The van der Waals surface area contributed by atoms with Crippen molar-refractivity contribution >= 4 is 33.4 Å². The fraction of sp³-hybridized carbons (Fsp3) is 0.417. The summed E-state index contributed by atoms with van der Waals surface area (Å²) in [4.78, 5) is 30.8. The van der Waals surface area contributed by atoms with Gasteiger partial charge in [-0.2, -0.15) is 0 Å². The molecule has 2 fully saturated rings. The molecule has 32 heavy (non-hydrogen) atoms. The van der Waals surface area contributed by atoms with Gasteiger partial charge in [0.15, 0.2) is 0 Å². The fourth-order valence-electron chi connectivity index (χ4n) is 3.62. The first-order valence-corrected chi connectivity index (χ1v) is 13.1. The fourth-order valence-corrected chi connectivity index (χ4v) is 5.55. The number of morpholine rings is 2. The molecule has 2 heterocycles. The van der Waals surface area contributed by atoms with Gasteiger partial charge in [-0.3, -0.25) is 9.59 Å². The molecule has 0 aliphatic carbocycles. The van der Waals surface area contributed by atoms with Gasteiger partial charge in [0.1, 0.15) is 0 Å². The number of carbonyl (C=O) groups excluding carboxylic acids is 2. The Kier molecular flexibility index (Phi) is 8.50. The van der Waals surface area contributed by atoms with Crippen LogP contribution in [0.25, 0.3) is 0 Å². The number of benzene rings is 2. The molecule has 2 amide bonds. The van der Waals surface area contributed by atoms with Gasteiger partial charge in [-0.05, 0) is 35.4 Å². The molecule has 4 rings (SSSR count). The minimum atomic E-state index is 0.162. The third-order valence-corrected chi connectivity index (χ3v) is 7.94. The van der Waals surface area contributed by atoms with Crippen molar-refractivity contribution in [3.8, 4) is 0 Å². The van der Waals surface area contributed by atoms with E-state index in [0.29, 0.717) is 65.4 Å². The molecule has 0 bridgehead atoms. The van der Waals surface area contributed by atoms with Gasteiger partial charge in [-0.1, -0.05) is 45.9 Å². The molecule has 0 N–H and O–H groups in total. The van der Waals surface area contributed by atoms with Crippen LogP contribution in [0.4, 0.5) is 0 Å². The van der Waals surface area contributed by atoms with Gasteiger partial charge in [-0.25, -0.2) is 0 Å². The van der Waals surface area contributed by atoms with E-state index in [1.165, 1.54) is 0 Å². The first-order chi connectivity index (χ1) is 15.7. The van der Waals surface area contributed by atoms with E-state index in [-0.39, 0.29) is 11.8 Å². The van der Waals surface area contributed by atoms with Crippen molar-refractivity contribution in [2.75, 3.05) is 52.6 Å². The lowest BCUT2D eigenvalue weighted by atomic mass is 10.1. The second-order valence-electron chi connectivity index (χ2n) is 7.79. The van der Waals surface area contributed by atoms with Crippen LogP contribution in [0.1, 0.15) is 11.1 Å². The van der Waals surface area contributed by atoms with Gasteiger partial charge in [0.05, 0.1) is 39.3 Å². The summed E-state index contributed by atoms with van der Waals surface area (Å²) >= 11 is 0. The van der Waals surface area contributed by atoms with Gasteiger partial charge < -0.3 is 19.3 Å². The molecule has 2 aromatic rings. The van der Waals surface area contributed by atoms with Crippen molar-refractivity contribution in [3.05, 3.63) is 59.7 Å². The maximum absolute atomic E-state index is 12.4. The Labute approximate surface area is 197 Å². The second-order valence-corrected chi connectivity index (χ2v) is 10.1. The second kappa shape index (κ2) is 11.7. The summed E-state index contributed by atoms with van der Waals surface area (Å²) in [5, 5.41) is 0. The molecule has 2 aliphatic heterocycles. The van der Waals surface area contributed by atoms with E-state index in [1.807, 2.05) is 34.1 Å². The van der Waals surface area contributed by atoms with E-state index in [2.05, 4.69) is 24.3 Å². The van der Waals surface area contributed by atoms with Crippen LogP contribution < -0.4 is 0 Å². The molecule has 0 spiro atoms. The van der Waals surface area contributed by atoms with Crippen molar-refractivity contribution in [2.24, 2.45) is 0 Å². The molecule has 0 aromatic heterocycles. The monoisotopic (exact) mass is 472 g/mol. The van der Waals surface area contributed by atoms with E-state index in [4.69, 9.17) is 9.47 Å². The van der Waals surface area contributed by atoms with Gasteiger partial charge in [0, 0.05) is 36.0 Å². The zero-order chi connectivity index (χ0) is 22.2. The average molecular weight is 473 g/mol. The summed E-state index contributed by atoms with van der Waals surface area (Å²) < 4.78 is 10.6. The van der Waals surface area contributed by atoms with Crippen LogP contribution in [0, 0.1) is 0 Å². The molecule has 0 atom stereocenters. The van der Waals surface area contributed by atoms with Gasteiger partial charge in [-0.15, -0.1) is 0 Å². The van der Waals surface area contributed by atoms with Crippen LogP contribution in [0.5, 0.6) is 0 Å². The summed E-state index contributed by atoms with van der Waals surface area (Å²) in [7, 11) is 3.37. The van der Waals surface area contributed by atoms with Crippen LogP contribution in [0.3, 0.4) is 0 Å². The van der Waals surface area contributed by atoms with Gasteiger partial charge >= 0.3 is 0 Å². The van der Waals surface area contributed by atoms with Crippen molar-refractivity contribution in [1.82, 2.24) is 9.80 Å². The summed E-state index contributed by atoms with van der Waals surface area (Å²) in [6.07, 6.45) is 0.867. The summed E-state index contributed by atoms with van der Waals surface area (Å²) in [6, 6.07) is 16.4. The molecule has 0 saturated carbocycles. The van der Waals surface area contributed by atoms with E-state index in [1.54, 1.807) is 21.6 Å². The summed E-state index contributed by atoms with van der Waals surface area (Å²) in [5.74, 6) is 0.325. The predicted octanol–water partition coefficient (Wildman–Crippen LogP) is 3.29. The van der Waals surface area contributed by atoms with Crippen molar-refractivity contribution < 1.29 is 19.1 Å². The zero-order valence-corrected chi connectivity index (χ0v) is 19.7. The van der Waals surface area contributed by atoms with E-state index in [9.17, 15) is 9.59 Å². The normalized spacial score (nSPS) is 16.8. The Morgan fingerprint density at radius 3 is 1.31 bits per heavy atom. The lowest BCUT2D eigenvalue weighted by Crippen LogP contribution is -2.41. The number of nitrogens with zero attached hydrogens (tertiary/aromatic N) is 2. The minimum absolute atomic E-state index is 0.162. The Balaban J connectivity index is 1.22. The van der Waals surface area contributed by atoms with Gasteiger partial charge in [0.25, 0.3) is 0 Å². The standard InChI is InChI=1S/C24H28N2O4S2/c27-23(25-9-13-29-14-10-25)17-19-1-5-21(6-2-19)31-32-22-7-3-20(4-8-22)18-24(28)26-11-15-30-16-12-26/h1-8H,9-18H2. The Morgan fingerprint density at radius 2 is 0.969 bits per heavy atom. The van der Waals surface area contributed by atoms with Crippen molar-refractivity contribution in [2.45, 2.75) is 22.6 Å². The molecule has 0 unspecified atom stereocenters. The maximum Gasteiger partial charge on any atom is 0.227 e. The van der Waals surface area contributed by atoms with Crippen LogP contribution in [-0.2, 0) is 31.9 Å². The first-order valence-electron chi connectivity index (χ1n) is 10.9. The van der Waals surface area contributed by atoms with Crippen molar-refractivity contribution in [1.29, 1.82) is 0 Å². The molecule has 8 heteroatoms. The molecule has 170 valence electrons. The van der Waals surface area contributed by atoms with Crippen LogP contribution >= 0.6 is 21.6 Å². The molecule has 6 nitrogen and oxygen atoms in total. The molecule has 2 aliphatic rings. The van der Waals surface area contributed by atoms with Gasteiger partial charge in [0.2, 0.25) is 11.8 Å². The minimum Gasteiger partial charge on any atom is -0.378 e. The lowest BCUT2D eigenvalue weighted by molar-refractivity contribution is -0.135. The summed E-state index contributed by atoms with van der Waals surface area (Å²) in [5.41, 5.74) is 2.07. The number of carbonyl (C=O) groups is 2. The number of hydrogen-bond acceptors (Lipinski definition) is 6. The molecular formula is C24H28N2O4S2. The molecule has 2 aromatic carbocycles. The average Bonchev–Trinajstić information content (AvgIpc) is 2.85. The predicted molar refractivity (Wildman–Crippen MR) is 127 cm³/mol. The topological polar surface area (TPSA) is 59.1 Å². The Hall–Kier alpha value is -2.00. The highest BCUT2D eigenvalue weighted by Gasteiger charge is 2.18. The maximum atomic E-state index is 12.4. The van der Waals surface area contributed by atoms with Crippen LogP contribution in [0.2, 0.25) is 0 Å². The number of rotatable bonds is 7. The molecular weight excluding hydrogens is 444 g/mol. The third kappa shape index (κ3) is 6.75. The highest BCUT2D eigenvalue weighted by Crippen LogP contribution is 2.37. The Morgan fingerprint density at radius 1 is 0.625 bits per heavy atom. The van der Waals surface area contributed by atoms with Crippen LogP contribution in [0.15, 0.2) is 58.3 Å². The number of hydrogen-bond donors (Lipinski definition) is 0. The van der Waals surface area contributed by atoms with Crippen molar-refractivity contribution in [3.63, 3.8) is 0 Å². The highest BCUT2D eigenvalue weighted by atomic mass is 33.1. The molecule has 0 radical (unpaired) electrons. The number of ether oxygens (including phenoxy) is 2. The first kappa shape index (κ1) is 23.2. The number of amides is 2. The smallest absolute Gasteiger partial charge is 0.227 e. The quantitative estimate of drug-likeness (QED) is 0.577. The molecule has 2 saturated heterocycles. The lowest BCUT2D eigenvalue weighted by Gasteiger charge is -2.26. The van der Waals surface area contributed by atoms with E-state index < -0.39 is 0 Å². The Bertz CT molecular complexity index is 818. The van der Waals surface area contributed by atoms with E-state index >= 15 is 0 Å². The SMILES string of the molecule is O=C(Cc1ccc(SSc2ccc(CC(=O)N3CCOCC3)cc2)cc1)N1CCOCC1. The zero-order valence-electron chi connectivity index (χ0n) is 18.0. The largest absolute Gasteiger partial charge is 0.378 e. The van der Waals surface area contributed by atoms with Crippen LogP contribution in [-0.4, -0.2) is 74.2 Å². The van der Waals surface area contributed by atoms with E-state index in [0.717, 1.165) is 20.9 Å². The third-order valence-electron chi connectivity index (χ3n) is 5.52. The highest BCUT2D eigenvalue weighted by molar-refractivity contribution is 8.76. The summed E-state index contributed by atoms with van der Waals surface area (Å²) in [6.45, 7) is 5.25.